The SMILES string of the molecule is CCCCNCCNc1ccc(CCNC(=O)c2cnc3c(ccn3CC(=O)NCCOCCNC(=O)c3ccc(-c4csc(-n5[nH]c(-c6ccccc6)c(N=Nc6nccs6)c5=O)n4)cc3)c2)cc1. The van der Waals surface area contributed by atoms with Gasteiger partial charge in [-0.1, -0.05) is 67.9 Å². The number of rotatable bonds is 25. The van der Waals surface area contributed by atoms with Crippen LogP contribution in [0, 0.1) is 0 Å². The Labute approximate surface area is 411 Å². The lowest BCUT2D eigenvalue weighted by molar-refractivity contribution is -0.121. The zero-order valence-electron chi connectivity index (χ0n) is 38.5. The predicted molar refractivity (Wildman–Crippen MR) is 274 cm³/mol. The quantitative estimate of drug-likeness (QED) is 0.0244. The summed E-state index contributed by atoms with van der Waals surface area (Å²) in [7, 11) is 0. The number of aromatic amines is 1. The zero-order valence-corrected chi connectivity index (χ0v) is 40.2. The molecule has 18 nitrogen and oxygen atoms in total. The summed E-state index contributed by atoms with van der Waals surface area (Å²) in [4.78, 5) is 65.5. The van der Waals surface area contributed by atoms with Crippen LogP contribution in [0.5, 0.6) is 0 Å². The lowest BCUT2D eigenvalue weighted by Crippen LogP contribution is -2.32. The molecular formula is C50H53N13O5S2. The maximum absolute atomic E-state index is 13.6. The highest BCUT2D eigenvalue weighted by molar-refractivity contribution is 7.13. The molecule has 6 N–H and O–H groups in total. The third-order valence-electron chi connectivity index (χ3n) is 11.0. The third-order valence-corrected chi connectivity index (χ3v) is 12.5. The predicted octanol–water partition coefficient (Wildman–Crippen LogP) is 7.51. The summed E-state index contributed by atoms with van der Waals surface area (Å²) < 4.78 is 8.73. The van der Waals surface area contributed by atoms with Crippen LogP contribution in [-0.4, -0.2) is 99.5 Å². The normalized spacial score (nSPS) is 11.3. The van der Waals surface area contributed by atoms with Gasteiger partial charge in [0.2, 0.25) is 16.2 Å². The van der Waals surface area contributed by atoms with Crippen molar-refractivity contribution in [3.05, 3.63) is 147 Å². The van der Waals surface area contributed by atoms with Crippen molar-refractivity contribution in [3.63, 3.8) is 0 Å². The number of fused-ring (bicyclic) bond motifs is 1. The van der Waals surface area contributed by atoms with E-state index in [1.54, 1.807) is 52.7 Å². The number of thiazole rings is 2. The van der Waals surface area contributed by atoms with Crippen molar-refractivity contribution in [3.8, 4) is 27.6 Å². The maximum Gasteiger partial charge on any atom is 0.301 e. The number of carbonyl (C=O) groups excluding carboxylic acids is 3. The van der Waals surface area contributed by atoms with Gasteiger partial charge in [-0.3, -0.25) is 24.3 Å². The molecule has 70 heavy (non-hydrogen) atoms. The van der Waals surface area contributed by atoms with Crippen molar-refractivity contribution in [1.82, 2.24) is 50.6 Å². The van der Waals surface area contributed by atoms with Gasteiger partial charge in [0, 0.05) is 89.8 Å². The van der Waals surface area contributed by atoms with Crippen LogP contribution in [0.4, 0.5) is 16.5 Å². The van der Waals surface area contributed by atoms with Crippen LogP contribution in [0.15, 0.2) is 135 Å². The van der Waals surface area contributed by atoms with Crippen molar-refractivity contribution in [1.29, 1.82) is 0 Å². The fraction of sp³-hybridized carbons (Fsp3) is 0.260. The number of nitrogens with one attached hydrogen (secondary N) is 6. The van der Waals surface area contributed by atoms with Gasteiger partial charge in [0.15, 0.2) is 5.69 Å². The molecule has 0 radical (unpaired) electrons. The fourth-order valence-electron chi connectivity index (χ4n) is 7.29. The van der Waals surface area contributed by atoms with E-state index < -0.39 is 5.56 Å². The second-order valence-electron chi connectivity index (χ2n) is 16.0. The molecule has 0 fully saturated rings. The molecule has 0 spiro atoms. The van der Waals surface area contributed by atoms with E-state index in [4.69, 9.17) is 9.72 Å². The monoisotopic (exact) mass is 979 g/mol. The molecule has 0 unspecified atom stereocenters. The van der Waals surface area contributed by atoms with Crippen LogP contribution in [0.25, 0.3) is 38.7 Å². The molecule has 3 aromatic carbocycles. The summed E-state index contributed by atoms with van der Waals surface area (Å²) in [6.45, 7) is 6.63. The molecule has 0 aliphatic carbocycles. The Morgan fingerprint density at radius 2 is 1.57 bits per heavy atom. The Kier molecular flexibility index (Phi) is 17.1. The Hall–Kier alpha value is -7.65. The highest BCUT2D eigenvalue weighted by atomic mass is 32.1. The van der Waals surface area contributed by atoms with Crippen molar-refractivity contribution < 1.29 is 19.1 Å². The second-order valence-corrected chi connectivity index (χ2v) is 17.7. The molecule has 8 aromatic rings. The number of ether oxygens (including phenoxy) is 1. The molecule has 0 saturated heterocycles. The fourth-order valence-corrected chi connectivity index (χ4v) is 8.53. The van der Waals surface area contributed by atoms with Gasteiger partial charge in [-0.05, 0) is 61.3 Å². The van der Waals surface area contributed by atoms with Gasteiger partial charge in [0.1, 0.15) is 12.2 Å². The maximum atomic E-state index is 13.6. The molecule has 3 amide bonds. The number of hydrogen-bond acceptors (Lipinski definition) is 14. The molecule has 5 heterocycles. The molecule has 360 valence electrons. The van der Waals surface area contributed by atoms with Crippen molar-refractivity contribution in [2.24, 2.45) is 10.2 Å². The Balaban J connectivity index is 0.724. The molecule has 0 bridgehead atoms. The number of H-pyrrole nitrogens is 1. The third kappa shape index (κ3) is 13.1. The molecular weight excluding hydrogens is 927 g/mol. The van der Waals surface area contributed by atoms with E-state index in [0.717, 1.165) is 47.4 Å². The Morgan fingerprint density at radius 1 is 0.786 bits per heavy atom. The van der Waals surface area contributed by atoms with E-state index in [9.17, 15) is 19.2 Å². The molecule has 8 rings (SSSR count). The van der Waals surface area contributed by atoms with E-state index in [2.05, 4.69) is 83.1 Å². The molecule has 0 aliphatic rings. The number of hydrogen-bond donors (Lipinski definition) is 6. The van der Waals surface area contributed by atoms with Crippen molar-refractivity contribution in [2.45, 2.75) is 32.7 Å². The summed E-state index contributed by atoms with van der Waals surface area (Å²) in [5.41, 5.74) is 6.12. The molecule has 0 aliphatic heterocycles. The van der Waals surface area contributed by atoms with Crippen LogP contribution in [0.2, 0.25) is 0 Å². The molecule has 0 saturated carbocycles. The van der Waals surface area contributed by atoms with E-state index >= 15 is 0 Å². The average molecular weight is 980 g/mol. The first-order chi connectivity index (χ1) is 34.3. The number of nitrogens with zero attached hydrogens (tertiary/aromatic N) is 7. The van der Waals surface area contributed by atoms with E-state index in [1.807, 2.05) is 41.8 Å². The Morgan fingerprint density at radius 3 is 2.36 bits per heavy atom. The summed E-state index contributed by atoms with van der Waals surface area (Å²) >= 11 is 2.60. The van der Waals surface area contributed by atoms with Gasteiger partial charge < -0.3 is 35.9 Å². The van der Waals surface area contributed by atoms with Gasteiger partial charge in [-0.25, -0.2) is 15.0 Å². The van der Waals surface area contributed by atoms with E-state index in [-0.39, 0.29) is 56.3 Å². The number of aromatic nitrogens is 6. The lowest BCUT2D eigenvalue weighted by atomic mass is 10.1. The summed E-state index contributed by atoms with van der Waals surface area (Å²) in [5.74, 6) is -0.685. The van der Waals surface area contributed by atoms with Gasteiger partial charge in [0.25, 0.3) is 11.8 Å². The van der Waals surface area contributed by atoms with E-state index in [1.165, 1.54) is 46.4 Å². The number of pyridine rings is 1. The average Bonchev–Trinajstić information content (AvgIpc) is 4.23. The van der Waals surface area contributed by atoms with Crippen molar-refractivity contribution >= 4 is 67.9 Å². The summed E-state index contributed by atoms with van der Waals surface area (Å²) in [6.07, 6.45) is 8.00. The van der Waals surface area contributed by atoms with Gasteiger partial charge in [0.05, 0.1) is 30.2 Å². The number of carbonyl (C=O) groups is 3. The first kappa shape index (κ1) is 48.8. The van der Waals surface area contributed by atoms with Crippen LogP contribution < -0.4 is 32.1 Å². The topological polar surface area (TPSA) is 227 Å². The lowest BCUT2D eigenvalue weighted by Gasteiger charge is -2.10. The largest absolute Gasteiger partial charge is 0.384 e. The standard InChI is InChI=1S/C50H53N13O5S2/c1-2-3-19-51-21-22-52-40-15-9-34(10-16-40)17-20-54-47(66)39-30-38-18-26-62(45(38)57-31-39)32-42(64)53-23-27-68-28-24-55-46(65)37-13-11-35(12-14-37)41-33-70-50(58-41)63-48(67)44(59-60-49-56-25-29-69-49)43(61-63)36-7-5-4-6-8-36/h4-16,18,25-26,29-31,33,51-52,61H,2-3,17,19-24,27-28,32H2,1H3,(H,53,64)(H,54,66)(H,55,65). The zero-order chi connectivity index (χ0) is 48.5. The number of azo groups is 1. The van der Waals surface area contributed by atoms with E-state index in [0.29, 0.717) is 51.4 Å². The molecule has 20 heteroatoms. The molecule has 5 aromatic heterocycles. The van der Waals surface area contributed by atoms with Crippen LogP contribution in [-0.2, 0) is 22.5 Å². The second kappa shape index (κ2) is 24.6. The van der Waals surface area contributed by atoms with Gasteiger partial charge in [-0.2, -0.15) is 4.68 Å². The van der Waals surface area contributed by atoms with Crippen LogP contribution in [0.3, 0.4) is 0 Å². The number of amides is 3. The minimum atomic E-state index is -0.404. The minimum Gasteiger partial charge on any atom is -0.384 e. The van der Waals surface area contributed by atoms with Crippen LogP contribution >= 0.6 is 22.7 Å². The first-order valence-electron chi connectivity index (χ1n) is 23.0. The smallest absolute Gasteiger partial charge is 0.301 e. The molecule has 0 atom stereocenters. The Bertz CT molecular complexity index is 3050. The van der Waals surface area contributed by atoms with Crippen LogP contribution in [0.1, 0.15) is 46.0 Å². The number of unbranched alkanes of at least 4 members (excludes halogenated alkanes) is 1. The van der Waals surface area contributed by atoms with Gasteiger partial charge in [-0.15, -0.1) is 32.9 Å². The minimum absolute atomic E-state index is 0.0518. The first-order valence-corrected chi connectivity index (χ1v) is 24.8. The van der Waals surface area contributed by atoms with Crippen molar-refractivity contribution in [2.75, 3.05) is 57.8 Å². The highest BCUT2D eigenvalue weighted by Gasteiger charge is 2.20. The number of benzene rings is 3. The summed E-state index contributed by atoms with van der Waals surface area (Å²) in [5, 5.41) is 32.3. The van der Waals surface area contributed by atoms with Gasteiger partial charge >= 0.3 is 5.56 Å². The summed E-state index contributed by atoms with van der Waals surface area (Å²) in [6, 6.07) is 28.3. The highest BCUT2D eigenvalue weighted by Crippen LogP contribution is 2.30. The number of anilines is 1.